The summed E-state index contributed by atoms with van der Waals surface area (Å²) in [6, 6.07) is 0. The number of aliphatic hydroxyl groups is 5. The van der Waals surface area contributed by atoms with E-state index in [1.54, 1.807) is 0 Å². The third kappa shape index (κ3) is 10.7. The molecule has 0 radical (unpaired) electrons. The Hall–Kier alpha value is -0.100. The Morgan fingerprint density at radius 2 is 1.18 bits per heavy atom. The Morgan fingerprint density at radius 3 is 1.69 bits per heavy atom. The number of hydrogen-bond donors (Lipinski definition) is 5. The van der Waals surface area contributed by atoms with Crippen LogP contribution in [0.3, 0.4) is 0 Å². The van der Waals surface area contributed by atoms with Crippen molar-refractivity contribution in [3.05, 3.63) is 0 Å². The Morgan fingerprint density at radius 1 is 0.653 bits per heavy atom. The van der Waals surface area contributed by atoms with E-state index in [9.17, 15) is 25.5 Å². The third-order valence-corrected chi connectivity index (χ3v) is 9.81. The molecule has 5 N–H and O–H groups in total. The summed E-state index contributed by atoms with van der Waals surface area (Å²) in [5, 5.41) is 62.0. The zero-order valence-electron chi connectivity index (χ0n) is 27.5. The maximum Gasteiger partial charge on any atom is 0.198 e. The van der Waals surface area contributed by atoms with Gasteiger partial charge in [0, 0.05) is 24.9 Å². The molecule has 4 heterocycles. The minimum absolute atomic E-state index is 0.0869. The minimum Gasteiger partial charge on any atom is -0.394 e. The van der Waals surface area contributed by atoms with Crippen molar-refractivity contribution in [2.24, 2.45) is 17.8 Å². The molecule has 0 aromatic heterocycles. The van der Waals surface area contributed by atoms with Crippen LogP contribution < -0.4 is 0 Å². The van der Waals surface area contributed by atoms with E-state index in [4.69, 9.17) is 45.9 Å². The predicted molar refractivity (Wildman–Crippen MR) is 161 cm³/mol. The number of ether oxygens (including phenoxy) is 7. The molecule has 4 rings (SSSR count). The fourth-order valence-corrected chi connectivity index (χ4v) is 7.50. The molecule has 2 bridgehead atoms. The third-order valence-electron chi connectivity index (χ3n) is 8.99. The summed E-state index contributed by atoms with van der Waals surface area (Å²) in [4.78, 5) is 8.72. The van der Waals surface area contributed by atoms with Gasteiger partial charge in [-0.15, -0.1) is 8.67 Å². The van der Waals surface area contributed by atoms with E-state index in [-0.39, 0.29) is 45.1 Å². The molecule has 0 amide bonds. The highest BCUT2D eigenvalue weighted by Crippen LogP contribution is 2.37. The first kappa shape index (κ1) is 41.7. The lowest BCUT2D eigenvalue weighted by molar-refractivity contribution is -0.449. The van der Waals surface area contributed by atoms with Crippen molar-refractivity contribution in [1.82, 2.24) is 0 Å². The average molecular weight is 757 g/mol. The van der Waals surface area contributed by atoms with Gasteiger partial charge >= 0.3 is 0 Å². The number of rotatable bonds is 22. The number of fused-ring (bicyclic) bond motifs is 2. The molecular formula is C27H48O20S2. The van der Waals surface area contributed by atoms with E-state index in [1.807, 2.05) is 6.92 Å². The second-order valence-corrected chi connectivity index (χ2v) is 12.6. The molecule has 0 aromatic rings. The molecule has 4 saturated heterocycles. The van der Waals surface area contributed by atoms with Crippen LogP contribution in [0.15, 0.2) is 0 Å². The topological polar surface area (TPSA) is 240 Å². The predicted octanol–water partition coefficient (Wildman–Crippen LogP) is -1.43. The van der Waals surface area contributed by atoms with Crippen LogP contribution in [0.1, 0.15) is 13.3 Å². The normalized spacial score (nSPS) is 41.0. The van der Waals surface area contributed by atoms with Crippen LogP contribution in [0, 0.1) is 17.8 Å². The lowest BCUT2D eigenvalue weighted by atomic mass is 9.84. The summed E-state index contributed by atoms with van der Waals surface area (Å²) >= 11 is 0.872. The lowest BCUT2D eigenvalue weighted by Crippen LogP contribution is -2.59. The van der Waals surface area contributed by atoms with Crippen LogP contribution in [0.25, 0.3) is 0 Å². The van der Waals surface area contributed by atoms with Gasteiger partial charge in [0.05, 0.1) is 84.9 Å². The Balaban J connectivity index is 1.37. The zero-order valence-corrected chi connectivity index (χ0v) is 29.1. The van der Waals surface area contributed by atoms with E-state index in [1.165, 1.54) is 21.3 Å². The maximum absolute atomic E-state index is 11.5. The van der Waals surface area contributed by atoms with Crippen LogP contribution in [-0.2, 0) is 70.0 Å². The van der Waals surface area contributed by atoms with Gasteiger partial charge in [-0.2, -0.15) is 0 Å². The second-order valence-electron chi connectivity index (χ2n) is 11.7. The van der Waals surface area contributed by atoms with Crippen LogP contribution in [0.4, 0.5) is 0 Å². The highest BCUT2D eigenvalue weighted by molar-refractivity contribution is 7.89. The fourth-order valence-electron chi connectivity index (χ4n) is 6.56. The van der Waals surface area contributed by atoms with Gasteiger partial charge in [-0.1, -0.05) is 17.0 Å². The van der Waals surface area contributed by atoms with Gasteiger partial charge < -0.3 is 58.7 Å². The molecule has 0 aliphatic carbocycles. The van der Waals surface area contributed by atoms with E-state index in [0.29, 0.717) is 31.1 Å². The van der Waals surface area contributed by atoms with Crippen LogP contribution in [-0.4, -0.2) is 167 Å². The van der Waals surface area contributed by atoms with E-state index < -0.39 is 92.4 Å². The smallest absolute Gasteiger partial charge is 0.198 e. The van der Waals surface area contributed by atoms with Crippen molar-refractivity contribution >= 4 is 24.6 Å². The zero-order chi connectivity index (χ0) is 35.3. The first-order valence-electron chi connectivity index (χ1n) is 15.7. The van der Waals surface area contributed by atoms with Crippen molar-refractivity contribution < 1.29 is 95.6 Å². The first-order valence-corrected chi connectivity index (χ1v) is 17.1. The van der Waals surface area contributed by atoms with Gasteiger partial charge in [0.25, 0.3) is 0 Å². The van der Waals surface area contributed by atoms with Gasteiger partial charge in [-0.05, 0) is 6.42 Å². The van der Waals surface area contributed by atoms with Crippen LogP contribution in [0.2, 0.25) is 0 Å². The SMILES string of the molecule is CC[C@H]1C(O)[C@@H](COC[C@H]2C(O)[C@H](COC[C@H]3C4CO[C@H]3C(O)[C@H](OC)O4)OC(CO)[C@@H]2OSOOOC)OC(CO)[C@@H]1OSOOOC. The quantitative estimate of drug-likeness (QED) is 0.0368. The first-order chi connectivity index (χ1) is 23.8. The largest absolute Gasteiger partial charge is 0.394 e. The van der Waals surface area contributed by atoms with Gasteiger partial charge in [0.1, 0.15) is 42.7 Å². The molecule has 4 fully saturated rings. The summed E-state index contributed by atoms with van der Waals surface area (Å²) in [6.45, 7) is 0.985. The summed E-state index contributed by atoms with van der Waals surface area (Å²) in [5.74, 6) is -1.58. The summed E-state index contributed by atoms with van der Waals surface area (Å²) in [6.07, 6.45) is -9.84. The second kappa shape index (κ2) is 21.6. The number of hydrogen-bond acceptors (Lipinski definition) is 22. The molecule has 6 unspecified atom stereocenters. The lowest BCUT2D eigenvalue weighted by Gasteiger charge is -2.45. The standard InChI is InChI=1S/C27H48O20S2/c1-5-13-21(30)19(39-16(6-28)24(13)42-48-46-44-34-3)10-37-9-15-22(31)20(40-17(7-29)25(15)43-49-47-45-35-4)11-36-8-14-18-12-38-26(14)23(32)27(33-2)41-18/h13-32H,5-12H2,1-4H3/t13-,14-,15-,16?,17?,18?,19+,20-,21?,22?,23?,24+,25+,26+,27+/m0/s1. The van der Waals surface area contributed by atoms with E-state index >= 15 is 0 Å². The highest BCUT2D eigenvalue weighted by Gasteiger charge is 2.52. The minimum atomic E-state index is -1.23. The molecule has 22 heteroatoms. The van der Waals surface area contributed by atoms with Crippen molar-refractivity contribution in [2.45, 2.75) is 86.8 Å². The number of methoxy groups -OCH3 is 1. The van der Waals surface area contributed by atoms with Crippen molar-refractivity contribution in [3.8, 4) is 0 Å². The van der Waals surface area contributed by atoms with Gasteiger partial charge in [-0.25, -0.2) is 9.78 Å². The van der Waals surface area contributed by atoms with Crippen molar-refractivity contribution in [1.29, 1.82) is 0 Å². The summed E-state index contributed by atoms with van der Waals surface area (Å²) in [5.41, 5.74) is 0. The van der Waals surface area contributed by atoms with Crippen LogP contribution in [0.5, 0.6) is 0 Å². The molecule has 0 saturated carbocycles. The molecule has 0 aromatic carbocycles. The van der Waals surface area contributed by atoms with Crippen LogP contribution >= 0.6 is 24.6 Å². The molecule has 4 aliphatic rings. The molecule has 0 spiro atoms. The summed E-state index contributed by atoms with van der Waals surface area (Å²) in [7, 11) is 3.91. The monoisotopic (exact) mass is 756 g/mol. The van der Waals surface area contributed by atoms with E-state index in [0.717, 1.165) is 0 Å². The highest BCUT2D eigenvalue weighted by atomic mass is 32.2. The van der Waals surface area contributed by atoms with Gasteiger partial charge in [0.2, 0.25) is 0 Å². The molecular weight excluding hydrogens is 708 g/mol. The van der Waals surface area contributed by atoms with E-state index in [2.05, 4.69) is 24.2 Å². The van der Waals surface area contributed by atoms with Crippen molar-refractivity contribution in [2.75, 3.05) is 67.6 Å². The van der Waals surface area contributed by atoms with Gasteiger partial charge in [0.15, 0.2) is 30.9 Å². The molecule has 4 aliphatic heterocycles. The van der Waals surface area contributed by atoms with Gasteiger partial charge in [-0.3, -0.25) is 8.37 Å². The Bertz CT molecular complexity index is 916. The van der Waals surface area contributed by atoms with Crippen molar-refractivity contribution in [3.63, 3.8) is 0 Å². The Labute approximate surface area is 292 Å². The molecule has 288 valence electrons. The molecule has 49 heavy (non-hydrogen) atoms. The maximum atomic E-state index is 11.5. The molecule has 15 atom stereocenters. The fraction of sp³-hybridized carbons (Fsp3) is 1.00. The molecule has 20 nitrogen and oxygen atoms in total. The number of aliphatic hydroxyl groups excluding tert-OH is 5. The summed E-state index contributed by atoms with van der Waals surface area (Å²) < 4.78 is 61.1. The Kier molecular flexibility index (Phi) is 18.3. The average Bonchev–Trinajstić information content (AvgIpc) is 3.43.